The summed E-state index contributed by atoms with van der Waals surface area (Å²) in [5.74, 6) is 1.61. The van der Waals surface area contributed by atoms with Gasteiger partial charge < -0.3 is 15.4 Å². The number of nitrogens with zero attached hydrogens (tertiary/aromatic N) is 2. The quantitative estimate of drug-likeness (QED) is 0.290. The lowest BCUT2D eigenvalue weighted by atomic mass is 10.2. The van der Waals surface area contributed by atoms with E-state index in [1.165, 1.54) is 4.88 Å². The Hall–Kier alpha value is -2.13. The summed E-state index contributed by atoms with van der Waals surface area (Å²) >= 11 is 1.71. The van der Waals surface area contributed by atoms with E-state index in [1.54, 1.807) is 25.5 Å². The monoisotopic (exact) mass is 508 g/mol. The molecule has 3 aromatic rings. The number of hydrogen-bond donors (Lipinski definition) is 2. The first-order valence-corrected chi connectivity index (χ1v) is 9.61. The summed E-state index contributed by atoms with van der Waals surface area (Å²) in [5, 5.41) is 7.74. The Morgan fingerprint density at radius 3 is 2.43 bits per heavy atom. The Bertz CT molecular complexity index is 912. The van der Waals surface area contributed by atoms with Crippen molar-refractivity contribution in [2.24, 2.45) is 4.99 Å². The molecular formula is C21H25IN4OS. The number of para-hydroxylation sites is 1. The minimum absolute atomic E-state index is 0. The molecule has 0 atom stereocenters. The van der Waals surface area contributed by atoms with E-state index in [-0.39, 0.29) is 24.0 Å². The van der Waals surface area contributed by atoms with Gasteiger partial charge in [0, 0.05) is 29.6 Å². The van der Waals surface area contributed by atoms with Crippen LogP contribution >= 0.6 is 35.3 Å². The number of hydrogen-bond acceptors (Lipinski definition) is 4. The second-order valence-corrected chi connectivity index (χ2v) is 7.07. The molecule has 2 N–H and O–H groups in total. The third kappa shape index (κ3) is 5.68. The van der Waals surface area contributed by atoms with Crippen molar-refractivity contribution in [3.63, 3.8) is 0 Å². The third-order valence-electron chi connectivity index (χ3n) is 4.19. The lowest BCUT2D eigenvalue weighted by Crippen LogP contribution is -2.36. The number of methoxy groups -OCH3 is 1. The summed E-state index contributed by atoms with van der Waals surface area (Å²) in [5.41, 5.74) is 3.28. The Kier molecular flexibility index (Phi) is 8.72. The standard InChI is InChI=1S/C21H24N4OS.HI/c1-15-19(27-20(25-15)16-9-5-4-6-10-16)14-24-21(22-2)23-13-17-11-7-8-12-18(17)26-3;/h4-12H,13-14H2,1-3H3,(H2,22,23,24);1H. The average Bonchev–Trinajstić information content (AvgIpc) is 3.09. The van der Waals surface area contributed by atoms with Gasteiger partial charge in [-0.3, -0.25) is 4.99 Å². The number of halogens is 1. The summed E-state index contributed by atoms with van der Waals surface area (Å²) in [6.45, 7) is 3.37. The number of benzene rings is 2. The summed E-state index contributed by atoms with van der Waals surface area (Å²) < 4.78 is 5.39. The highest BCUT2D eigenvalue weighted by molar-refractivity contribution is 14.0. The Labute approximate surface area is 187 Å². The SMILES string of the molecule is CN=C(NCc1ccccc1OC)NCc1sc(-c2ccccc2)nc1C.I. The molecule has 1 aromatic heterocycles. The van der Waals surface area contributed by atoms with E-state index >= 15 is 0 Å². The zero-order chi connectivity index (χ0) is 19.1. The van der Waals surface area contributed by atoms with Crippen LogP contribution in [0.3, 0.4) is 0 Å². The van der Waals surface area contributed by atoms with Crippen molar-refractivity contribution in [2.45, 2.75) is 20.0 Å². The largest absolute Gasteiger partial charge is 0.496 e. The molecule has 7 heteroatoms. The van der Waals surface area contributed by atoms with E-state index < -0.39 is 0 Å². The molecule has 0 fully saturated rings. The molecule has 2 aromatic carbocycles. The van der Waals surface area contributed by atoms with Gasteiger partial charge in [-0.1, -0.05) is 48.5 Å². The van der Waals surface area contributed by atoms with Crippen LogP contribution in [0.25, 0.3) is 10.6 Å². The molecule has 0 bridgehead atoms. The van der Waals surface area contributed by atoms with Crippen LogP contribution in [-0.2, 0) is 13.1 Å². The predicted molar refractivity (Wildman–Crippen MR) is 128 cm³/mol. The second kappa shape index (κ2) is 11.0. The molecule has 5 nitrogen and oxygen atoms in total. The molecular weight excluding hydrogens is 483 g/mol. The number of ether oxygens (including phenoxy) is 1. The number of thiazole rings is 1. The van der Waals surface area contributed by atoms with Gasteiger partial charge in [-0.25, -0.2) is 4.98 Å². The number of aliphatic imine (C=N–C) groups is 1. The fraction of sp³-hybridized carbons (Fsp3) is 0.238. The first-order chi connectivity index (χ1) is 13.2. The number of aromatic nitrogens is 1. The maximum atomic E-state index is 5.39. The highest BCUT2D eigenvalue weighted by Gasteiger charge is 2.10. The van der Waals surface area contributed by atoms with Gasteiger partial charge in [0.25, 0.3) is 0 Å². The van der Waals surface area contributed by atoms with Gasteiger partial charge in [0.2, 0.25) is 0 Å². The molecule has 0 radical (unpaired) electrons. The van der Waals surface area contributed by atoms with E-state index in [0.717, 1.165) is 33.5 Å². The van der Waals surface area contributed by atoms with Crippen LogP contribution in [0.5, 0.6) is 5.75 Å². The highest BCUT2D eigenvalue weighted by Crippen LogP contribution is 2.27. The number of aryl methyl sites for hydroxylation is 1. The van der Waals surface area contributed by atoms with Crippen molar-refractivity contribution in [1.29, 1.82) is 0 Å². The molecule has 0 aliphatic heterocycles. The maximum absolute atomic E-state index is 5.39. The zero-order valence-corrected chi connectivity index (χ0v) is 19.4. The molecule has 0 saturated carbocycles. The van der Waals surface area contributed by atoms with Crippen LogP contribution < -0.4 is 15.4 Å². The third-order valence-corrected chi connectivity index (χ3v) is 5.40. The van der Waals surface area contributed by atoms with Crippen molar-refractivity contribution in [3.8, 4) is 16.3 Å². The van der Waals surface area contributed by atoms with Gasteiger partial charge in [-0.05, 0) is 13.0 Å². The van der Waals surface area contributed by atoms with Crippen LogP contribution in [0.4, 0.5) is 0 Å². The number of guanidine groups is 1. The molecule has 148 valence electrons. The average molecular weight is 508 g/mol. The predicted octanol–water partition coefficient (Wildman–Crippen LogP) is 4.61. The number of rotatable bonds is 6. The normalized spacial score (nSPS) is 10.9. The fourth-order valence-corrected chi connectivity index (χ4v) is 3.72. The van der Waals surface area contributed by atoms with E-state index in [2.05, 4.69) is 27.8 Å². The van der Waals surface area contributed by atoms with E-state index in [9.17, 15) is 0 Å². The van der Waals surface area contributed by atoms with Crippen LogP contribution in [0.2, 0.25) is 0 Å². The van der Waals surface area contributed by atoms with E-state index in [0.29, 0.717) is 13.1 Å². The van der Waals surface area contributed by atoms with Crippen LogP contribution in [-0.4, -0.2) is 25.1 Å². The minimum Gasteiger partial charge on any atom is -0.496 e. The maximum Gasteiger partial charge on any atom is 0.191 e. The van der Waals surface area contributed by atoms with Crippen molar-refractivity contribution in [1.82, 2.24) is 15.6 Å². The van der Waals surface area contributed by atoms with Gasteiger partial charge in [0.15, 0.2) is 5.96 Å². The van der Waals surface area contributed by atoms with Gasteiger partial charge in [0.1, 0.15) is 10.8 Å². The van der Waals surface area contributed by atoms with Crippen LogP contribution in [0, 0.1) is 6.92 Å². The summed E-state index contributed by atoms with van der Waals surface area (Å²) in [6.07, 6.45) is 0. The molecule has 0 amide bonds. The van der Waals surface area contributed by atoms with Crippen LogP contribution in [0.1, 0.15) is 16.1 Å². The first kappa shape index (κ1) is 22.2. The second-order valence-electron chi connectivity index (χ2n) is 5.98. The molecule has 0 unspecified atom stereocenters. The Morgan fingerprint density at radius 1 is 1.04 bits per heavy atom. The summed E-state index contributed by atoms with van der Waals surface area (Å²) in [4.78, 5) is 10.2. The van der Waals surface area contributed by atoms with Gasteiger partial charge in [-0.2, -0.15) is 0 Å². The van der Waals surface area contributed by atoms with Crippen LogP contribution in [0.15, 0.2) is 59.6 Å². The lowest BCUT2D eigenvalue weighted by molar-refractivity contribution is 0.409. The fourth-order valence-electron chi connectivity index (χ4n) is 2.71. The molecule has 0 aliphatic rings. The molecule has 28 heavy (non-hydrogen) atoms. The molecule has 3 rings (SSSR count). The number of nitrogens with one attached hydrogen (secondary N) is 2. The Morgan fingerprint density at radius 2 is 1.71 bits per heavy atom. The molecule has 0 spiro atoms. The summed E-state index contributed by atoms with van der Waals surface area (Å²) in [7, 11) is 3.45. The van der Waals surface area contributed by atoms with Crippen molar-refractivity contribution < 1.29 is 4.74 Å². The van der Waals surface area contributed by atoms with Crippen molar-refractivity contribution in [3.05, 3.63) is 70.7 Å². The van der Waals surface area contributed by atoms with E-state index in [1.807, 2.05) is 49.4 Å². The first-order valence-electron chi connectivity index (χ1n) is 8.79. The summed E-state index contributed by atoms with van der Waals surface area (Å²) in [6, 6.07) is 18.2. The van der Waals surface area contributed by atoms with Crippen molar-refractivity contribution >= 4 is 41.3 Å². The van der Waals surface area contributed by atoms with Gasteiger partial charge in [0.05, 0.1) is 19.3 Å². The topological polar surface area (TPSA) is 58.5 Å². The molecule has 1 heterocycles. The minimum atomic E-state index is 0. The van der Waals surface area contributed by atoms with E-state index in [4.69, 9.17) is 9.72 Å². The molecule has 0 aliphatic carbocycles. The van der Waals surface area contributed by atoms with Gasteiger partial charge in [-0.15, -0.1) is 35.3 Å². The van der Waals surface area contributed by atoms with Crippen molar-refractivity contribution in [2.75, 3.05) is 14.2 Å². The molecule has 0 saturated heterocycles. The zero-order valence-electron chi connectivity index (χ0n) is 16.2. The smallest absolute Gasteiger partial charge is 0.191 e. The van der Waals surface area contributed by atoms with Gasteiger partial charge >= 0.3 is 0 Å². The Balaban J connectivity index is 0.00000280. The lowest BCUT2D eigenvalue weighted by Gasteiger charge is -2.13. The highest BCUT2D eigenvalue weighted by atomic mass is 127.